The van der Waals surface area contributed by atoms with Crippen molar-refractivity contribution in [2.75, 3.05) is 11.1 Å². The van der Waals surface area contributed by atoms with Gasteiger partial charge in [-0.05, 0) is 31.0 Å². The van der Waals surface area contributed by atoms with E-state index in [1.165, 1.54) is 11.8 Å². The summed E-state index contributed by atoms with van der Waals surface area (Å²) in [6.07, 6.45) is 5.15. The highest BCUT2D eigenvalue weighted by atomic mass is 32.2. The third-order valence-corrected chi connectivity index (χ3v) is 4.79. The second-order valence-corrected chi connectivity index (χ2v) is 6.45. The number of benzene rings is 1. The molecular formula is C12H12N2O2S2. The molecule has 18 heavy (non-hydrogen) atoms. The maximum atomic E-state index is 12.1. The normalized spacial score (nSPS) is 16.2. The number of hydrogen-bond acceptors (Lipinski definition) is 4. The Kier molecular flexibility index (Phi) is 3.37. The molecule has 1 heterocycles. The van der Waals surface area contributed by atoms with E-state index in [0.29, 0.717) is 22.2 Å². The number of fused-ring (bicyclic) bond motifs is 1. The number of anilines is 1. The summed E-state index contributed by atoms with van der Waals surface area (Å²) in [6, 6.07) is 3.62. The summed E-state index contributed by atoms with van der Waals surface area (Å²) in [5.74, 6) is 2.81. The molecular weight excluding hydrogens is 268 g/mol. The Morgan fingerprint density at radius 1 is 1.44 bits per heavy atom. The lowest BCUT2D eigenvalue weighted by Gasteiger charge is -2.19. The molecule has 1 N–H and O–H groups in total. The van der Waals surface area contributed by atoms with Crippen LogP contribution in [0.1, 0.15) is 11.1 Å². The van der Waals surface area contributed by atoms with E-state index < -0.39 is 10.0 Å². The number of nitrogens with one attached hydrogen (secondary N) is 1. The van der Waals surface area contributed by atoms with Crippen LogP contribution in [0.15, 0.2) is 21.4 Å². The van der Waals surface area contributed by atoms with Crippen LogP contribution in [-0.2, 0) is 10.0 Å². The molecule has 0 atom stereocenters. The first kappa shape index (κ1) is 13.0. The Balaban J connectivity index is 2.53. The van der Waals surface area contributed by atoms with Gasteiger partial charge in [0.1, 0.15) is 4.90 Å². The van der Waals surface area contributed by atoms with E-state index in [1.54, 1.807) is 13.0 Å². The highest BCUT2D eigenvalue weighted by Gasteiger charge is 2.27. The highest BCUT2D eigenvalue weighted by Crippen LogP contribution is 2.33. The zero-order chi connectivity index (χ0) is 13.3. The third kappa shape index (κ3) is 2.37. The van der Waals surface area contributed by atoms with Crippen molar-refractivity contribution < 1.29 is 8.42 Å². The summed E-state index contributed by atoms with van der Waals surface area (Å²) in [6.45, 7) is 3.68. The Labute approximate surface area is 111 Å². The molecule has 0 unspecified atom stereocenters. The van der Waals surface area contributed by atoms with Gasteiger partial charge in [0, 0.05) is 0 Å². The van der Waals surface area contributed by atoms with E-state index in [-0.39, 0.29) is 4.90 Å². The van der Waals surface area contributed by atoms with Crippen LogP contribution in [0, 0.1) is 26.2 Å². The molecule has 2 rings (SSSR count). The summed E-state index contributed by atoms with van der Waals surface area (Å²) in [7, 11) is -3.63. The van der Waals surface area contributed by atoms with Gasteiger partial charge < -0.3 is 5.32 Å². The SMILES string of the molecule is C#CCSC1=NS(=O)(=O)c2c(C)cc(C)cc2N1. The van der Waals surface area contributed by atoms with E-state index in [9.17, 15) is 8.42 Å². The van der Waals surface area contributed by atoms with Gasteiger partial charge in [0.25, 0.3) is 10.0 Å². The minimum atomic E-state index is -3.63. The first-order valence-electron chi connectivity index (χ1n) is 5.23. The Hall–Kier alpha value is -1.45. The summed E-state index contributed by atoms with van der Waals surface area (Å²) < 4.78 is 27.9. The van der Waals surface area contributed by atoms with Gasteiger partial charge in [0.2, 0.25) is 0 Å². The van der Waals surface area contributed by atoms with Gasteiger partial charge >= 0.3 is 0 Å². The van der Waals surface area contributed by atoms with Crippen molar-refractivity contribution in [2.24, 2.45) is 4.40 Å². The third-order valence-electron chi connectivity index (χ3n) is 2.41. The van der Waals surface area contributed by atoms with Crippen molar-refractivity contribution in [3.63, 3.8) is 0 Å². The maximum absolute atomic E-state index is 12.1. The molecule has 6 heteroatoms. The van der Waals surface area contributed by atoms with Crippen molar-refractivity contribution in [1.82, 2.24) is 0 Å². The topological polar surface area (TPSA) is 58.5 Å². The molecule has 1 aliphatic rings. The minimum absolute atomic E-state index is 0.248. The van der Waals surface area contributed by atoms with Crippen LogP contribution in [0.4, 0.5) is 5.69 Å². The zero-order valence-corrected chi connectivity index (χ0v) is 11.7. The monoisotopic (exact) mass is 280 g/mol. The standard InChI is InChI=1S/C12H12N2O2S2/c1-4-5-17-12-13-10-7-8(2)6-9(3)11(10)18(15,16)14-12/h1,6-7H,5H2,2-3H3,(H,13,14). The fraction of sp³-hybridized carbons (Fsp3) is 0.250. The Bertz CT molecular complexity index is 670. The van der Waals surface area contributed by atoms with E-state index in [0.717, 1.165) is 5.56 Å². The van der Waals surface area contributed by atoms with Crippen LogP contribution < -0.4 is 5.32 Å². The van der Waals surface area contributed by atoms with Crippen LogP contribution in [0.5, 0.6) is 0 Å². The number of aryl methyl sites for hydroxylation is 2. The molecule has 0 aromatic heterocycles. The molecule has 1 aliphatic heterocycles. The lowest BCUT2D eigenvalue weighted by Crippen LogP contribution is -2.20. The quantitative estimate of drug-likeness (QED) is 0.801. The molecule has 0 fully saturated rings. The molecule has 1 aromatic carbocycles. The van der Waals surface area contributed by atoms with Crippen LogP contribution in [0.25, 0.3) is 0 Å². The molecule has 0 amide bonds. The lowest BCUT2D eigenvalue weighted by molar-refractivity contribution is 0.597. The van der Waals surface area contributed by atoms with Gasteiger partial charge in [-0.15, -0.1) is 10.8 Å². The van der Waals surface area contributed by atoms with Crippen LogP contribution in [0.3, 0.4) is 0 Å². The van der Waals surface area contributed by atoms with Gasteiger partial charge in [-0.25, -0.2) is 0 Å². The van der Waals surface area contributed by atoms with Crippen molar-refractivity contribution >= 4 is 32.6 Å². The highest BCUT2D eigenvalue weighted by molar-refractivity contribution is 8.15. The largest absolute Gasteiger partial charge is 0.333 e. The molecule has 0 bridgehead atoms. The number of sulfonamides is 1. The van der Waals surface area contributed by atoms with Gasteiger partial charge in [0.05, 0.1) is 11.4 Å². The maximum Gasteiger partial charge on any atom is 0.287 e. The second kappa shape index (κ2) is 4.67. The lowest BCUT2D eigenvalue weighted by atomic mass is 10.1. The van der Waals surface area contributed by atoms with Gasteiger partial charge in [-0.1, -0.05) is 23.7 Å². The number of nitrogens with zero attached hydrogens (tertiary/aromatic N) is 1. The minimum Gasteiger partial charge on any atom is -0.333 e. The first-order valence-corrected chi connectivity index (χ1v) is 7.66. The summed E-state index contributed by atoms with van der Waals surface area (Å²) in [4.78, 5) is 0.248. The zero-order valence-electron chi connectivity index (χ0n) is 10.0. The van der Waals surface area contributed by atoms with E-state index in [4.69, 9.17) is 6.42 Å². The van der Waals surface area contributed by atoms with E-state index in [1.807, 2.05) is 13.0 Å². The average Bonchev–Trinajstić information content (AvgIpc) is 2.23. The van der Waals surface area contributed by atoms with Gasteiger partial charge in [-0.2, -0.15) is 8.42 Å². The Morgan fingerprint density at radius 2 is 2.17 bits per heavy atom. The summed E-state index contributed by atoms with van der Waals surface area (Å²) >= 11 is 1.20. The summed E-state index contributed by atoms with van der Waals surface area (Å²) in [5, 5.41) is 3.33. The van der Waals surface area contributed by atoms with Crippen LogP contribution in [0.2, 0.25) is 0 Å². The number of amidine groups is 1. The summed E-state index contributed by atoms with van der Waals surface area (Å²) in [5.41, 5.74) is 2.27. The smallest absolute Gasteiger partial charge is 0.287 e. The van der Waals surface area contributed by atoms with Crippen molar-refractivity contribution in [3.05, 3.63) is 23.3 Å². The van der Waals surface area contributed by atoms with Crippen molar-refractivity contribution in [2.45, 2.75) is 18.7 Å². The molecule has 0 saturated carbocycles. The number of terminal acetylenes is 1. The molecule has 0 spiro atoms. The fourth-order valence-corrected chi connectivity index (χ4v) is 3.97. The molecule has 0 aliphatic carbocycles. The van der Waals surface area contributed by atoms with E-state index >= 15 is 0 Å². The predicted molar refractivity (Wildman–Crippen MR) is 75.5 cm³/mol. The molecule has 94 valence electrons. The first-order chi connectivity index (χ1) is 8.44. The van der Waals surface area contributed by atoms with Crippen molar-refractivity contribution in [1.29, 1.82) is 0 Å². The second-order valence-electron chi connectivity index (χ2n) is 3.95. The predicted octanol–water partition coefficient (Wildman–Crippen LogP) is 2.14. The van der Waals surface area contributed by atoms with Gasteiger partial charge in [-0.3, -0.25) is 0 Å². The number of hydrogen-bond donors (Lipinski definition) is 1. The average molecular weight is 280 g/mol. The molecule has 4 nitrogen and oxygen atoms in total. The molecule has 1 aromatic rings. The Morgan fingerprint density at radius 3 is 2.83 bits per heavy atom. The number of rotatable bonds is 1. The molecule has 0 saturated heterocycles. The van der Waals surface area contributed by atoms with Crippen molar-refractivity contribution in [3.8, 4) is 12.3 Å². The van der Waals surface area contributed by atoms with E-state index in [2.05, 4.69) is 15.6 Å². The fourth-order valence-electron chi connectivity index (χ4n) is 1.85. The van der Waals surface area contributed by atoms with Crippen LogP contribution >= 0.6 is 11.8 Å². The van der Waals surface area contributed by atoms with Gasteiger partial charge in [0.15, 0.2) is 5.17 Å². The molecule has 0 radical (unpaired) electrons. The number of thioether (sulfide) groups is 1. The van der Waals surface area contributed by atoms with Crippen LogP contribution in [-0.4, -0.2) is 19.3 Å².